The number of benzene rings is 1. The fourth-order valence-electron chi connectivity index (χ4n) is 2.29. The van der Waals surface area contributed by atoms with Crippen LogP contribution in [-0.4, -0.2) is 29.3 Å². The Hall–Kier alpha value is -1.36. The van der Waals surface area contributed by atoms with Crippen LogP contribution in [0.25, 0.3) is 0 Å². The van der Waals surface area contributed by atoms with E-state index in [1.165, 1.54) is 0 Å². The Morgan fingerprint density at radius 3 is 2.84 bits per heavy atom. The number of carbonyl (C=O) groups is 2. The minimum Gasteiger partial charge on any atom is -0.345 e. The van der Waals surface area contributed by atoms with Gasteiger partial charge in [-0.15, -0.1) is 0 Å². The molecule has 0 aliphatic carbocycles. The number of hydrogen-bond donors (Lipinski definition) is 1. The monoisotopic (exact) mass is 324 g/mol. The van der Waals surface area contributed by atoms with E-state index in [0.717, 1.165) is 10.0 Å². The Bertz CT molecular complexity index is 504. The first-order valence-corrected chi connectivity index (χ1v) is 7.13. The van der Waals surface area contributed by atoms with Gasteiger partial charge in [-0.2, -0.15) is 0 Å². The number of halogens is 1. The van der Waals surface area contributed by atoms with Crippen molar-refractivity contribution in [3.63, 3.8) is 0 Å². The molecule has 1 aliphatic heterocycles. The Morgan fingerprint density at radius 2 is 2.16 bits per heavy atom. The van der Waals surface area contributed by atoms with Gasteiger partial charge >= 0.3 is 0 Å². The lowest BCUT2D eigenvalue weighted by atomic mass is 10.1. The number of amides is 2. The molecule has 2 amide bonds. The van der Waals surface area contributed by atoms with Crippen LogP contribution in [0.15, 0.2) is 28.7 Å². The lowest BCUT2D eigenvalue weighted by Gasteiger charge is -2.29. The minimum absolute atomic E-state index is 0.0293. The fraction of sp³-hybridized carbons (Fsp3) is 0.429. The molecule has 0 spiro atoms. The number of carbonyl (C=O) groups excluding carboxylic acids is 2. The molecule has 1 N–H and O–H groups in total. The van der Waals surface area contributed by atoms with Gasteiger partial charge < -0.3 is 10.2 Å². The van der Waals surface area contributed by atoms with Crippen LogP contribution < -0.4 is 5.32 Å². The SMILES string of the molecule is CC1NC(=O)CCN(C(C)c2cccc(Br)c2)C1=O. The molecule has 19 heavy (non-hydrogen) atoms. The van der Waals surface area contributed by atoms with Gasteiger partial charge in [0, 0.05) is 17.4 Å². The molecule has 1 saturated heterocycles. The standard InChI is InChI=1S/C14H17BrN2O2/c1-9-14(19)17(7-6-13(18)16-9)10(2)11-4-3-5-12(15)8-11/h3-5,8-10H,6-7H2,1-2H3,(H,16,18). The van der Waals surface area contributed by atoms with Crippen molar-refractivity contribution >= 4 is 27.7 Å². The molecule has 0 bridgehead atoms. The third-order valence-corrected chi connectivity index (χ3v) is 3.90. The summed E-state index contributed by atoms with van der Waals surface area (Å²) in [5.41, 5.74) is 1.06. The molecular formula is C14H17BrN2O2. The highest BCUT2D eigenvalue weighted by molar-refractivity contribution is 9.10. The van der Waals surface area contributed by atoms with E-state index in [-0.39, 0.29) is 17.9 Å². The minimum atomic E-state index is -0.454. The molecule has 0 radical (unpaired) electrons. The first kappa shape index (κ1) is 14.1. The summed E-state index contributed by atoms with van der Waals surface area (Å²) in [6.07, 6.45) is 0.356. The molecule has 102 valence electrons. The van der Waals surface area contributed by atoms with Gasteiger partial charge in [-0.25, -0.2) is 0 Å². The second-order valence-corrected chi connectivity index (χ2v) is 5.72. The van der Waals surface area contributed by atoms with Crippen molar-refractivity contribution < 1.29 is 9.59 Å². The molecule has 5 heteroatoms. The number of nitrogens with zero attached hydrogens (tertiary/aromatic N) is 1. The van der Waals surface area contributed by atoms with E-state index < -0.39 is 6.04 Å². The maximum Gasteiger partial charge on any atom is 0.245 e. The zero-order valence-electron chi connectivity index (χ0n) is 11.0. The van der Waals surface area contributed by atoms with E-state index in [0.29, 0.717) is 13.0 Å². The number of rotatable bonds is 2. The molecule has 4 nitrogen and oxygen atoms in total. The summed E-state index contributed by atoms with van der Waals surface area (Å²) in [6.45, 7) is 4.18. The first-order chi connectivity index (χ1) is 8.99. The van der Waals surface area contributed by atoms with Gasteiger partial charge in [-0.05, 0) is 31.5 Å². The van der Waals surface area contributed by atoms with Crippen molar-refractivity contribution in [2.24, 2.45) is 0 Å². The molecule has 1 aliphatic rings. The number of nitrogens with one attached hydrogen (secondary N) is 1. The van der Waals surface area contributed by atoms with Crippen molar-refractivity contribution in [2.75, 3.05) is 6.54 Å². The van der Waals surface area contributed by atoms with Crippen LogP contribution in [-0.2, 0) is 9.59 Å². The van der Waals surface area contributed by atoms with Gasteiger partial charge in [0.05, 0.1) is 6.04 Å². The van der Waals surface area contributed by atoms with Gasteiger partial charge in [0.1, 0.15) is 6.04 Å². The van der Waals surface area contributed by atoms with E-state index in [1.807, 2.05) is 31.2 Å². The summed E-state index contributed by atoms with van der Waals surface area (Å²) >= 11 is 3.44. The van der Waals surface area contributed by atoms with Gasteiger partial charge in [0.15, 0.2) is 0 Å². The molecule has 1 aromatic carbocycles. The second kappa shape index (κ2) is 5.74. The molecule has 2 atom stereocenters. The smallest absolute Gasteiger partial charge is 0.245 e. The highest BCUT2D eigenvalue weighted by atomic mass is 79.9. The Labute approximate surface area is 121 Å². The Morgan fingerprint density at radius 1 is 1.42 bits per heavy atom. The van der Waals surface area contributed by atoms with Crippen LogP contribution in [0, 0.1) is 0 Å². The summed E-state index contributed by atoms with van der Waals surface area (Å²) in [7, 11) is 0. The van der Waals surface area contributed by atoms with Gasteiger partial charge in [-0.1, -0.05) is 28.1 Å². The summed E-state index contributed by atoms with van der Waals surface area (Å²) in [6, 6.07) is 7.40. The van der Waals surface area contributed by atoms with Gasteiger partial charge in [0.2, 0.25) is 11.8 Å². The first-order valence-electron chi connectivity index (χ1n) is 6.34. The van der Waals surface area contributed by atoms with Crippen LogP contribution >= 0.6 is 15.9 Å². The fourth-order valence-corrected chi connectivity index (χ4v) is 2.70. The highest BCUT2D eigenvalue weighted by Crippen LogP contribution is 2.24. The van der Waals surface area contributed by atoms with Crippen molar-refractivity contribution in [2.45, 2.75) is 32.4 Å². The van der Waals surface area contributed by atoms with E-state index >= 15 is 0 Å². The molecule has 1 fully saturated rings. The Balaban J connectivity index is 2.24. The maximum atomic E-state index is 12.3. The predicted molar refractivity (Wildman–Crippen MR) is 76.5 cm³/mol. The number of hydrogen-bond acceptors (Lipinski definition) is 2. The molecular weight excluding hydrogens is 308 g/mol. The molecule has 2 unspecified atom stereocenters. The zero-order valence-corrected chi connectivity index (χ0v) is 12.6. The van der Waals surface area contributed by atoms with Crippen molar-refractivity contribution in [3.8, 4) is 0 Å². The lowest BCUT2D eigenvalue weighted by Crippen LogP contribution is -2.43. The summed E-state index contributed by atoms with van der Waals surface area (Å²) in [5.74, 6) is -0.0943. The van der Waals surface area contributed by atoms with Crippen LogP contribution in [0.3, 0.4) is 0 Å². The molecule has 1 heterocycles. The van der Waals surface area contributed by atoms with Crippen LogP contribution in [0.2, 0.25) is 0 Å². The van der Waals surface area contributed by atoms with Crippen molar-refractivity contribution in [3.05, 3.63) is 34.3 Å². The van der Waals surface area contributed by atoms with E-state index in [4.69, 9.17) is 0 Å². The van der Waals surface area contributed by atoms with E-state index in [1.54, 1.807) is 11.8 Å². The predicted octanol–water partition coefficient (Wildman–Crippen LogP) is 2.25. The topological polar surface area (TPSA) is 49.4 Å². The average molecular weight is 325 g/mol. The highest BCUT2D eigenvalue weighted by Gasteiger charge is 2.30. The third-order valence-electron chi connectivity index (χ3n) is 3.41. The van der Waals surface area contributed by atoms with Crippen molar-refractivity contribution in [1.82, 2.24) is 10.2 Å². The maximum absolute atomic E-state index is 12.3. The summed E-state index contributed by atoms with van der Waals surface area (Å²) < 4.78 is 0.987. The van der Waals surface area contributed by atoms with Crippen LogP contribution in [0.5, 0.6) is 0 Å². The Kier molecular flexibility index (Phi) is 4.24. The lowest BCUT2D eigenvalue weighted by molar-refractivity contribution is -0.134. The molecule has 1 aromatic rings. The second-order valence-electron chi connectivity index (χ2n) is 4.80. The van der Waals surface area contributed by atoms with Gasteiger partial charge in [-0.3, -0.25) is 9.59 Å². The summed E-state index contributed by atoms with van der Waals surface area (Å²) in [5, 5.41) is 2.70. The quantitative estimate of drug-likeness (QED) is 0.907. The summed E-state index contributed by atoms with van der Waals surface area (Å²) in [4.78, 5) is 25.6. The van der Waals surface area contributed by atoms with Crippen LogP contribution in [0.4, 0.5) is 0 Å². The normalized spacial score (nSPS) is 21.8. The van der Waals surface area contributed by atoms with E-state index in [9.17, 15) is 9.59 Å². The zero-order chi connectivity index (χ0) is 14.0. The third kappa shape index (κ3) is 3.15. The average Bonchev–Trinajstić information content (AvgIpc) is 2.49. The molecule has 2 rings (SSSR count). The largest absolute Gasteiger partial charge is 0.345 e. The molecule has 0 saturated carbocycles. The van der Waals surface area contributed by atoms with Crippen LogP contribution in [0.1, 0.15) is 31.9 Å². The van der Waals surface area contributed by atoms with Crippen molar-refractivity contribution in [1.29, 1.82) is 0 Å². The van der Waals surface area contributed by atoms with Gasteiger partial charge in [0.25, 0.3) is 0 Å². The van der Waals surface area contributed by atoms with E-state index in [2.05, 4.69) is 21.2 Å². The molecule has 0 aromatic heterocycles.